The molecule has 0 atom stereocenters. The van der Waals surface area contributed by atoms with Gasteiger partial charge in [-0.05, 0) is 5.25 Å². The molecular weight excluding hydrogens is 88.2 g/mol. The molecule has 0 rings (SSSR count). The summed E-state index contributed by atoms with van der Waals surface area (Å²) >= 11 is 4.23. The maximum absolute atomic E-state index is 4.64. The van der Waals surface area contributed by atoms with Crippen LogP contribution in [0.1, 0.15) is 0 Å². The van der Waals surface area contributed by atoms with E-state index in [1.54, 1.807) is 0 Å². The van der Waals surface area contributed by atoms with Gasteiger partial charge in [0.1, 0.15) is 0 Å². The minimum atomic E-state index is 0.968. The summed E-state index contributed by atoms with van der Waals surface area (Å²) in [5, 5.41) is 2.16. The molecule has 0 amide bonds. The fraction of sp³-hybridized carbons (Fsp3) is 0. The summed E-state index contributed by atoms with van der Waals surface area (Å²) in [7, 11) is 0.968. The van der Waals surface area contributed by atoms with E-state index in [2.05, 4.69) is 23.3 Å². The Kier molecular flexibility index (Phi) is 3.47. The molecule has 0 aliphatic carbocycles. The molecule has 0 fully saturated rings. The van der Waals surface area contributed by atoms with Gasteiger partial charge in [-0.15, -0.1) is 6.42 Å². The third-order valence-corrected chi connectivity index (χ3v) is 0.433. The first-order valence-corrected chi connectivity index (χ1v) is 2.40. The second kappa shape index (κ2) is 3.26. The van der Waals surface area contributed by atoms with Crippen molar-refractivity contribution in [2.24, 2.45) is 0 Å². The van der Waals surface area contributed by atoms with Crippen LogP contribution in [0.25, 0.3) is 0 Å². The fourth-order valence-corrected chi connectivity index (χ4v) is 0. The van der Waals surface area contributed by atoms with Crippen molar-refractivity contribution < 1.29 is 0 Å². The highest BCUT2D eigenvalue weighted by molar-refractivity contribution is 8.70. The third-order valence-electron chi connectivity index (χ3n) is 0.0481. The van der Waals surface area contributed by atoms with Crippen LogP contribution in [-0.2, 0) is 0 Å². The normalized spacial score (nSPS) is 5.00. The van der Waals surface area contributed by atoms with Gasteiger partial charge in [-0.2, -0.15) is 0 Å². The SMILES string of the molecule is C#CS[S]. The van der Waals surface area contributed by atoms with Crippen molar-refractivity contribution in [3.63, 3.8) is 0 Å². The van der Waals surface area contributed by atoms with Gasteiger partial charge >= 0.3 is 0 Å². The molecular formula is C2HS2. The molecule has 21 valence electrons. The second-order valence-electron chi connectivity index (χ2n) is 0.201. The zero-order valence-corrected chi connectivity index (χ0v) is 3.53. The molecule has 0 N–H and O–H groups in total. The van der Waals surface area contributed by atoms with Gasteiger partial charge in [-0.1, -0.05) is 0 Å². The van der Waals surface area contributed by atoms with E-state index in [9.17, 15) is 0 Å². The Morgan fingerprint density at radius 2 is 2.25 bits per heavy atom. The average Bonchev–Trinajstić information content (AvgIpc) is 1.37. The highest BCUT2D eigenvalue weighted by Crippen LogP contribution is 1.97. The summed E-state index contributed by atoms with van der Waals surface area (Å²) in [5.41, 5.74) is 0. The molecule has 0 bridgehead atoms. The van der Waals surface area contributed by atoms with Crippen LogP contribution in [0.4, 0.5) is 0 Å². The lowest BCUT2D eigenvalue weighted by Crippen LogP contribution is -1.12. The van der Waals surface area contributed by atoms with Crippen molar-refractivity contribution in [1.82, 2.24) is 0 Å². The lowest BCUT2D eigenvalue weighted by molar-refractivity contribution is 3.18. The molecule has 0 aromatic carbocycles. The number of hydrogen-bond donors (Lipinski definition) is 0. The van der Waals surface area contributed by atoms with Crippen LogP contribution in [0, 0.1) is 11.7 Å². The predicted molar refractivity (Wildman–Crippen MR) is 24.0 cm³/mol. The second-order valence-corrected chi connectivity index (χ2v) is 1.10. The van der Waals surface area contributed by atoms with Crippen LogP contribution in [0.5, 0.6) is 0 Å². The topological polar surface area (TPSA) is 0 Å². The van der Waals surface area contributed by atoms with Crippen LogP contribution in [0.2, 0.25) is 0 Å². The largest absolute Gasteiger partial charge is 0.107 e. The summed E-state index contributed by atoms with van der Waals surface area (Å²) in [4.78, 5) is 0. The van der Waals surface area contributed by atoms with Crippen LogP contribution in [-0.4, -0.2) is 0 Å². The molecule has 4 heavy (non-hydrogen) atoms. The first kappa shape index (κ1) is 4.26. The molecule has 1 radical (unpaired) electrons. The van der Waals surface area contributed by atoms with Gasteiger partial charge < -0.3 is 0 Å². The molecule has 2 heteroatoms. The van der Waals surface area contributed by atoms with Gasteiger partial charge in [-0.3, -0.25) is 0 Å². The zero-order valence-electron chi connectivity index (χ0n) is 1.89. The van der Waals surface area contributed by atoms with Crippen LogP contribution in [0.3, 0.4) is 0 Å². The maximum atomic E-state index is 4.64. The summed E-state index contributed by atoms with van der Waals surface area (Å²) in [5.74, 6) is 0. The summed E-state index contributed by atoms with van der Waals surface area (Å²) in [6.45, 7) is 0. The smallest absolute Gasteiger partial charge is 0.00644 e. The summed E-state index contributed by atoms with van der Waals surface area (Å²) < 4.78 is 0. The standard InChI is InChI=1S/C2HS2/c1-2-4-3/h1H. The third kappa shape index (κ3) is 2.26. The molecule has 0 aromatic heterocycles. The van der Waals surface area contributed by atoms with E-state index >= 15 is 0 Å². The highest BCUT2D eigenvalue weighted by atomic mass is 33.1. The predicted octanol–water partition coefficient (Wildman–Crippen LogP) is 1.42. The first-order chi connectivity index (χ1) is 1.91. The number of terminal acetylenes is 1. The molecule has 0 heterocycles. The van der Waals surface area contributed by atoms with E-state index in [1.165, 1.54) is 0 Å². The molecule has 0 aliphatic rings. The van der Waals surface area contributed by atoms with Crippen molar-refractivity contribution in [2.75, 3.05) is 0 Å². The Morgan fingerprint density at radius 1 is 2.00 bits per heavy atom. The van der Waals surface area contributed by atoms with Gasteiger partial charge in [0.05, 0.1) is 0 Å². The Morgan fingerprint density at radius 3 is 2.25 bits per heavy atom. The molecule has 0 saturated heterocycles. The van der Waals surface area contributed by atoms with E-state index in [1.807, 2.05) is 0 Å². The van der Waals surface area contributed by atoms with E-state index in [0.717, 1.165) is 10.8 Å². The lowest BCUT2D eigenvalue weighted by atomic mass is 11.4. The molecule has 0 spiro atoms. The Labute approximate surface area is 34.8 Å². The van der Waals surface area contributed by atoms with Crippen molar-refractivity contribution in [1.29, 1.82) is 0 Å². The molecule has 0 aliphatic heterocycles. The minimum Gasteiger partial charge on any atom is -0.107 e. The van der Waals surface area contributed by atoms with Crippen molar-refractivity contribution in [3.05, 3.63) is 0 Å². The van der Waals surface area contributed by atoms with Crippen molar-refractivity contribution in [3.8, 4) is 11.7 Å². The van der Waals surface area contributed by atoms with Crippen LogP contribution in [0.15, 0.2) is 0 Å². The zero-order chi connectivity index (χ0) is 3.41. The Bertz CT molecular complexity index is 33.8. The van der Waals surface area contributed by atoms with Crippen LogP contribution < -0.4 is 0 Å². The number of rotatable bonds is 0. The average molecular weight is 89.2 g/mol. The Balaban J connectivity index is 2.43. The van der Waals surface area contributed by atoms with Gasteiger partial charge in [0.25, 0.3) is 0 Å². The van der Waals surface area contributed by atoms with E-state index < -0.39 is 0 Å². The minimum absolute atomic E-state index is 0.968. The summed E-state index contributed by atoms with van der Waals surface area (Å²) in [6, 6.07) is 0. The number of hydrogen-bond acceptors (Lipinski definition) is 1. The first-order valence-electron chi connectivity index (χ1n) is 0.659. The van der Waals surface area contributed by atoms with E-state index in [4.69, 9.17) is 0 Å². The van der Waals surface area contributed by atoms with Gasteiger partial charge in [0, 0.05) is 22.5 Å². The summed E-state index contributed by atoms with van der Waals surface area (Å²) in [6.07, 6.45) is 4.64. The van der Waals surface area contributed by atoms with Gasteiger partial charge in [0.15, 0.2) is 0 Å². The van der Waals surface area contributed by atoms with Crippen molar-refractivity contribution in [2.45, 2.75) is 0 Å². The lowest BCUT2D eigenvalue weighted by Gasteiger charge is -1.49. The van der Waals surface area contributed by atoms with Gasteiger partial charge in [-0.25, -0.2) is 0 Å². The van der Waals surface area contributed by atoms with E-state index in [-0.39, 0.29) is 0 Å². The molecule has 0 nitrogen and oxygen atoms in total. The maximum Gasteiger partial charge on any atom is 0.00644 e. The van der Waals surface area contributed by atoms with Crippen LogP contribution >= 0.6 is 22.5 Å². The molecule has 0 aromatic rings. The Hall–Kier alpha value is 0.260. The molecule has 0 unspecified atom stereocenters. The van der Waals surface area contributed by atoms with Gasteiger partial charge in [0.2, 0.25) is 0 Å². The highest BCUT2D eigenvalue weighted by Gasteiger charge is 1.47. The quantitative estimate of drug-likeness (QED) is 0.319. The fourth-order valence-electron chi connectivity index (χ4n) is 0. The monoisotopic (exact) mass is 89.0 g/mol. The molecule has 0 saturated carbocycles. The van der Waals surface area contributed by atoms with E-state index in [0.29, 0.717) is 0 Å². The van der Waals surface area contributed by atoms with Crippen molar-refractivity contribution >= 4 is 22.5 Å².